The molecule has 1 saturated heterocycles. The van der Waals surface area contributed by atoms with Crippen molar-refractivity contribution >= 4 is 12.0 Å². The number of hydrogen-bond acceptors (Lipinski definition) is 6. The van der Waals surface area contributed by atoms with Crippen molar-refractivity contribution in [3.63, 3.8) is 0 Å². The normalized spacial score (nSPS) is 26.0. The van der Waals surface area contributed by atoms with Crippen molar-refractivity contribution in [2.45, 2.75) is 24.4 Å². The lowest BCUT2D eigenvalue weighted by Gasteiger charge is -2.20. The molecule has 1 fully saturated rings. The van der Waals surface area contributed by atoms with Gasteiger partial charge in [-0.15, -0.1) is 0 Å². The fourth-order valence-electron chi connectivity index (χ4n) is 2.14. The van der Waals surface area contributed by atoms with Crippen molar-refractivity contribution < 1.29 is 29.6 Å². The summed E-state index contributed by atoms with van der Waals surface area (Å²) in [5.74, 6) is -0.616. The molecule has 2 rings (SSSR count). The van der Waals surface area contributed by atoms with E-state index >= 15 is 0 Å². The largest absolute Gasteiger partial charge is 0.460 e. The van der Waals surface area contributed by atoms with Crippen LogP contribution < -0.4 is 0 Å². The van der Waals surface area contributed by atoms with Gasteiger partial charge in [0.05, 0.1) is 6.61 Å². The Hall–Kier alpha value is -1.99. The molecule has 0 bridgehead atoms. The molecule has 6 heteroatoms. The lowest BCUT2D eigenvalue weighted by atomic mass is 10.1. The van der Waals surface area contributed by atoms with Gasteiger partial charge >= 0.3 is 5.97 Å². The van der Waals surface area contributed by atoms with E-state index in [1.165, 1.54) is 12.2 Å². The Morgan fingerprint density at radius 3 is 2.70 bits per heavy atom. The second kappa shape index (κ2) is 8.59. The third-order valence-electron chi connectivity index (χ3n) is 3.40. The molecule has 4 atom stereocenters. The van der Waals surface area contributed by atoms with E-state index in [9.17, 15) is 20.1 Å². The van der Waals surface area contributed by atoms with Gasteiger partial charge in [0.15, 0.2) is 0 Å². The van der Waals surface area contributed by atoms with Gasteiger partial charge in [-0.2, -0.15) is 0 Å². The molecule has 6 nitrogen and oxygen atoms in total. The van der Waals surface area contributed by atoms with E-state index in [-0.39, 0.29) is 13.2 Å². The van der Waals surface area contributed by atoms with Gasteiger partial charge in [-0.05, 0) is 5.56 Å². The van der Waals surface area contributed by atoms with Gasteiger partial charge in [-0.25, -0.2) is 4.79 Å². The number of carbonyl (C=O) groups is 1. The molecular weight excluding hydrogens is 300 g/mol. The molecule has 0 spiro atoms. The first-order valence-corrected chi connectivity index (χ1v) is 7.30. The van der Waals surface area contributed by atoms with E-state index in [1.807, 2.05) is 36.4 Å². The van der Waals surface area contributed by atoms with Crippen molar-refractivity contribution in [3.05, 3.63) is 54.1 Å². The maximum absolute atomic E-state index is 11.5. The first kappa shape index (κ1) is 17.4. The van der Waals surface area contributed by atoms with E-state index in [2.05, 4.69) is 0 Å². The highest BCUT2D eigenvalue weighted by Crippen LogP contribution is 2.17. The summed E-state index contributed by atoms with van der Waals surface area (Å²) < 4.78 is 9.92. The lowest BCUT2D eigenvalue weighted by molar-refractivity contribution is -0.145. The summed E-state index contributed by atoms with van der Waals surface area (Å²) in [6, 6.07) is 9.60. The fraction of sp³-hybridized carbons (Fsp3) is 0.353. The fourth-order valence-corrected chi connectivity index (χ4v) is 2.14. The molecule has 0 aliphatic carbocycles. The number of carbonyl (C=O) groups excluding carboxylic acids is 1. The zero-order valence-corrected chi connectivity index (χ0v) is 12.5. The smallest absolute Gasteiger partial charge is 0.330 e. The van der Waals surface area contributed by atoms with Gasteiger partial charge < -0.3 is 24.8 Å². The molecular formula is C17H20O6. The predicted octanol–water partition coefficient (Wildman–Crippen LogP) is 0.281. The Labute approximate surface area is 134 Å². The second-order valence-electron chi connectivity index (χ2n) is 5.18. The summed E-state index contributed by atoms with van der Waals surface area (Å²) in [4.78, 5) is 11.5. The third-order valence-corrected chi connectivity index (χ3v) is 3.40. The van der Waals surface area contributed by atoms with E-state index < -0.39 is 30.4 Å². The van der Waals surface area contributed by atoms with Crippen LogP contribution in [0.4, 0.5) is 0 Å². The maximum atomic E-state index is 11.5. The maximum Gasteiger partial charge on any atom is 0.330 e. The number of benzene rings is 1. The Balaban J connectivity index is 1.72. The number of allylic oxidation sites excluding steroid dienone is 2. The van der Waals surface area contributed by atoms with Crippen molar-refractivity contribution in [3.8, 4) is 0 Å². The van der Waals surface area contributed by atoms with E-state index in [0.717, 1.165) is 5.56 Å². The molecule has 0 radical (unpaired) electrons. The van der Waals surface area contributed by atoms with Crippen LogP contribution in [0.5, 0.6) is 0 Å². The van der Waals surface area contributed by atoms with Crippen LogP contribution in [0.25, 0.3) is 6.08 Å². The van der Waals surface area contributed by atoms with Crippen molar-refractivity contribution in [2.75, 3.05) is 13.2 Å². The van der Waals surface area contributed by atoms with E-state index in [1.54, 1.807) is 6.08 Å². The molecule has 1 aliphatic rings. The second-order valence-corrected chi connectivity index (χ2v) is 5.18. The van der Waals surface area contributed by atoms with Gasteiger partial charge in [0, 0.05) is 6.08 Å². The summed E-state index contributed by atoms with van der Waals surface area (Å²) in [6.07, 6.45) is 1.93. The van der Waals surface area contributed by atoms with Gasteiger partial charge in [0.2, 0.25) is 0 Å². The summed E-state index contributed by atoms with van der Waals surface area (Å²) >= 11 is 0. The van der Waals surface area contributed by atoms with Crippen molar-refractivity contribution in [1.82, 2.24) is 0 Å². The third kappa shape index (κ3) is 5.30. The van der Waals surface area contributed by atoms with Crippen molar-refractivity contribution in [2.24, 2.45) is 0 Å². The van der Waals surface area contributed by atoms with Crippen molar-refractivity contribution in [1.29, 1.82) is 0 Å². The minimum atomic E-state index is -1.20. The average molecular weight is 320 g/mol. The highest BCUT2D eigenvalue weighted by atomic mass is 16.6. The number of rotatable bonds is 6. The van der Waals surface area contributed by atoms with Crippen LogP contribution in [0.2, 0.25) is 0 Å². The van der Waals surface area contributed by atoms with Crippen LogP contribution >= 0.6 is 0 Å². The Kier molecular flexibility index (Phi) is 6.49. The molecule has 1 heterocycles. The quantitative estimate of drug-likeness (QED) is 0.396. The van der Waals surface area contributed by atoms with Gasteiger partial charge in [0.1, 0.15) is 31.0 Å². The number of ether oxygens (including phenoxy) is 2. The lowest BCUT2D eigenvalue weighted by Crippen LogP contribution is -2.41. The standard InChI is InChI=1S/C17H20O6/c18-13-10-23-17(16(13)21)14(19)11-22-15(20)9-5-4-8-12-6-2-1-3-7-12/h1-9,13-14,16-19,21H,10-11H2/b8-4+,9-5+. The van der Waals surface area contributed by atoms with Gasteiger partial charge in [0.25, 0.3) is 0 Å². The molecule has 3 N–H and O–H groups in total. The van der Waals surface area contributed by atoms with Crippen LogP contribution in [-0.2, 0) is 14.3 Å². The highest BCUT2D eigenvalue weighted by Gasteiger charge is 2.39. The monoisotopic (exact) mass is 320 g/mol. The van der Waals surface area contributed by atoms with Crippen LogP contribution in [0.1, 0.15) is 5.56 Å². The SMILES string of the molecule is O=C(/C=C/C=C/c1ccccc1)OCC(O)C1OCC(O)C1O. The zero-order chi connectivity index (χ0) is 16.7. The van der Waals surface area contributed by atoms with Crippen LogP contribution in [0.3, 0.4) is 0 Å². The minimum Gasteiger partial charge on any atom is -0.460 e. The summed E-state index contributed by atoms with van der Waals surface area (Å²) in [5.41, 5.74) is 1.01. The molecule has 4 unspecified atom stereocenters. The van der Waals surface area contributed by atoms with E-state index in [0.29, 0.717) is 0 Å². The van der Waals surface area contributed by atoms with E-state index in [4.69, 9.17) is 9.47 Å². The van der Waals surface area contributed by atoms with Gasteiger partial charge in [-0.1, -0.05) is 48.6 Å². The summed E-state index contributed by atoms with van der Waals surface area (Å²) in [5, 5.41) is 28.7. The number of aliphatic hydroxyl groups excluding tert-OH is 3. The zero-order valence-electron chi connectivity index (χ0n) is 12.5. The highest BCUT2D eigenvalue weighted by molar-refractivity contribution is 5.82. The first-order valence-electron chi connectivity index (χ1n) is 7.30. The molecule has 0 aromatic heterocycles. The van der Waals surface area contributed by atoms with Crippen LogP contribution in [0.15, 0.2) is 48.6 Å². The van der Waals surface area contributed by atoms with Gasteiger partial charge in [-0.3, -0.25) is 0 Å². The average Bonchev–Trinajstić information content (AvgIpc) is 2.90. The summed E-state index contributed by atoms with van der Waals surface area (Å²) in [6.45, 7) is -0.374. The number of aliphatic hydroxyl groups is 3. The molecule has 23 heavy (non-hydrogen) atoms. The number of esters is 1. The Morgan fingerprint density at radius 1 is 1.30 bits per heavy atom. The van der Waals surface area contributed by atoms with Crippen LogP contribution in [0, 0.1) is 0 Å². The Morgan fingerprint density at radius 2 is 2.04 bits per heavy atom. The first-order chi connectivity index (χ1) is 11.1. The van der Waals surface area contributed by atoms with Crippen LogP contribution in [-0.4, -0.2) is 58.9 Å². The molecule has 1 aliphatic heterocycles. The molecule has 124 valence electrons. The summed E-state index contributed by atoms with van der Waals surface area (Å²) in [7, 11) is 0. The number of hydrogen-bond donors (Lipinski definition) is 3. The Bertz CT molecular complexity index is 553. The topological polar surface area (TPSA) is 96.2 Å². The molecule has 1 aromatic carbocycles. The predicted molar refractivity (Wildman–Crippen MR) is 83.3 cm³/mol. The minimum absolute atomic E-state index is 0.0545. The molecule has 1 aromatic rings. The molecule has 0 amide bonds. The molecule has 0 saturated carbocycles.